The van der Waals surface area contributed by atoms with Crippen LogP contribution in [0.5, 0.6) is 0 Å². The van der Waals surface area contributed by atoms with Crippen molar-refractivity contribution in [2.75, 3.05) is 13.2 Å². The van der Waals surface area contributed by atoms with Crippen LogP contribution < -0.4 is 10.6 Å². The van der Waals surface area contributed by atoms with Gasteiger partial charge in [0, 0.05) is 24.1 Å². The third-order valence-electron chi connectivity index (χ3n) is 4.19. The van der Waals surface area contributed by atoms with Crippen LogP contribution in [0, 0.1) is 18.2 Å². The van der Waals surface area contributed by atoms with Gasteiger partial charge in [-0.2, -0.15) is 0 Å². The molecule has 1 unspecified atom stereocenters. The van der Waals surface area contributed by atoms with Crippen molar-refractivity contribution in [2.45, 2.75) is 40.2 Å². The molecule has 0 aliphatic rings. The highest BCUT2D eigenvalue weighted by molar-refractivity contribution is 5.82. The van der Waals surface area contributed by atoms with Crippen molar-refractivity contribution < 1.29 is 18.7 Å². The van der Waals surface area contributed by atoms with Gasteiger partial charge in [0.05, 0.1) is 6.04 Å². The summed E-state index contributed by atoms with van der Waals surface area (Å²) in [7, 11) is 0. The Morgan fingerprint density at radius 1 is 1.42 bits per heavy atom. The summed E-state index contributed by atoms with van der Waals surface area (Å²) in [6, 6.07) is 3.72. The summed E-state index contributed by atoms with van der Waals surface area (Å²) < 4.78 is 19.1. The van der Waals surface area contributed by atoms with E-state index in [1.165, 1.54) is 12.1 Å². The van der Waals surface area contributed by atoms with Crippen LogP contribution in [0.1, 0.15) is 44.6 Å². The van der Waals surface area contributed by atoms with E-state index < -0.39 is 0 Å². The molecule has 24 heavy (non-hydrogen) atoms. The van der Waals surface area contributed by atoms with E-state index in [9.17, 15) is 9.18 Å². The summed E-state index contributed by atoms with van der Waals surface area (Å²) in [5.74, 6) is 0.294. The zero-order valence-electron chi connectivity index (χ0n) is 14.6. The van der Waals surface area contributed by atoms with Gasteiger partial charge in [-0.3, -0.25) is 0 Å². The van der Waals surface area contributed by atoms with E-state index in [0.29, 0.717) is 29.7 Å². The number of aryl methyl sites for hydroxylation is 1. The Morgan fingerprint density at radius 2 is 2.12 bits per heavy atom. The number of benzene rings is 1. The number of hydrogen-bond acceptors (Lipinski definition) is 3. The number of furan rings is 1. The predicted octanol–water partition coefficient (Wildman–Crippen LogP) is 3.65. The highest BCUT2D eigenvalue weighted by Gasteiger charge is 2.21. The molecule has 5 nitrogen and oxygen atoms in total. The normalized spacial score (nSPS) is 13.1. The summed E-state index contributed by atoms with van der Waals surface area (Å²) in [4.78, 5) is 12.1. The van der Waals surface area contributed by atoms with E-state index in [-0.39, 0.29) is 29.9 Å². The van der Waals surface area contributed by atoms with Gasteiger partial charge in [0.2, 0.25) is 0 Å². The summed E-state index contributed by atoms with van der Waals surface area (Å²) >= 11 is 0. The second-order valence-corrected chi connectivity index (χ2v) is 6.92. The van der Waals surface area contributed by atoms with Crippen LogP contribution in [0.2, 0.25) is 0 Å². The molecule has 2 aromatic rings. The number of hydrogen-bond donors (Lipinski definition) is 3. The van der Waals surface area contributed by atoms with Gasteiger partial charge in [0.1, 0.15) is 17.2 Å². The van der Waals surface area contributed by atoms with Gasteiger partial charge in [-0.1, -0.05) is 13.8 Å². The molecule has 2 amide bonds. The highest BCUT2D eigenvalue weighted by atomic mass is 19.1. The Bertz CT molecular complexity index is 724. The molecular weight excluding hydrogens is 311 g/mol. The quantitative estimate of drug-likeness (QED) is 0.754. The lowest BCUT2D eigenvalue weighted by Gasteiger charge is -2.24. The summed E-state index contributed by atoms with van der Waals surface area (Å²) in [5.41, 5.74) is 1.24. The first kappa shape index (κ1) is 18.3. The van der Waals surface area contributed by atoms with E-state index in [0.717, 1.165) is 5.56 Å². The molecule has 0 aliphatic carbocycles. The molecule has 0 radical (unpaired) electrons. The third kappa shape index (κ3) is 4.26. The van der Waals surface area contributed by atoms with Crippen LogP contribution in [0.15, 0.2) is 22.6 Å². The molecule has 1 aromatic heterocycles. The zero-order valence-corrected chi connectivity index (χ0v) is 14.6. The topological polar surface area (TPSA) is 74.5 Å². The Kier molecular flexibility index (Phi) is 5.49. The molecule has 0 saturated heterocycles. The first-order valence-corrected chi connectivity index (χ1v) is 8.07. The maximum atomic E-state index is 13.4. The number of aliphatic hydroxyl groups is 1. The number of urea groups is 1. The lowest BCUT2D eigenvalue weighted by atomic mass is 9.90. The van der Waals surface area contributed by atoms with Gasteiger partial charge in [-0.15, -0.1) is 0 Å². The van der Waals surface area contributed by atoms with Gasteiger partial charge >= 0.3 is 6.03 Å². The fourth-order valence-corrected chi connectivity index (χ4v) is 2.65. The SMILES string of the molecule is Cc1c(C(C)NC(=O)NCC(C)(C)CCO)oc2ccc(F)cc12. The summed E-state index contributed by atoms with van der Waals surface area (Å²) in [5, 5.41) is 15.4. The van der Waals surface area contributed by atoms with Gasteiger partial charge in [0.25, 0.3) is 0 Å². The Morgan fingerprint density at radius 3 is 2.79 bits per heavy atom. The average molecular weight is 336 g/mol. The zero-order chi connectivity index (χ0) is 17.9. The first-order chi connectivity index (χ1) is 11.2. The Labute approximate surface area is 141 Å². The first-order valence-electron chi connectivity index (χ1n) is 8.07. The van der Waals surface area contributed by atoms with Crippen molar-refractivity contribution in [3.63, 3.8) is 0 Å². The van der Waals surface area contributed by atoms with E-state index in [2.05, 4.69) is 10.6 Å². The monoisotopic (exact) mass is 336 g/mol. The van der Waals surface area contributed by atoms with Crippen molar-refractivity contribution in [1.29, 1.82) is 0 Å². The van der Waals surface area contributed by atoms with Crippen molar-refractivity contribution >= 4 is 17.0 Å². The molecule has 0 spiro atoms. The minimum absolute atomic E-state index is 0.0848. The largest absolute Gasteiger partial charge is 0.459 e. The molecule has 132 valence electrons. The molecular formula is C18H25FN2O3. The van der Waals surface area contributed by atoms with Crippen molar-refractivity contribution in [1.82, 2.24) is 10.6 Å². The van der Waals surface area contributed by atoms with Crippen LogP contribution in [0.25, 0.3) is 11.0 Å². The molecule has 0 bridgehead atoms. The molecule has 0 fully saturated rings. The highest BCUT2D eigenvalue weighted by Crippen LogP contribution is 2.29. The molecule has 0 saturated carbocycles. The van der Waals surface area contributed by atoms with Crippen LogP contribution in [-0.2, 0) is 0 Å². The number of carbonyl (C=O) groups excluding carboxylic acids is 1. The van der Waals surface area contributed by atoms with Crippen molar-refractivity contribution in [2.24, 2.45) is 5.41 Å². The number of carbonyl (C=O) groups is 1. The summed E-state index contributed by atoms with van der Waals surface area (Å²) in [6.45, 7) is 8.16. The van der Waals surface area contributed by atoms with E-state index in [4.69, 9.17) is 9.52 Å². The second kappa shape index (κ2) is 7.21. The average Bonchev–Trinajstić information content (AvgIpc) is 2.82. The van der Waals surface area contributed by atoms with Gasteiger partial charge < -0.3 is 20.2 Å². The number of nitrogens with one attached hydrogen (secondary N) is 2. The van der Waals surface area contributed by atoms with Crippen LogP contribution >= 0.6 is 0 Å². The number of aliphatic hydroxyl groups excluding tert-OH is 1. The molecule has 1 heterocycles. The smallest absolute Gasteiger partial charge is 0.315 e. The lowest BCUT2D eigenvalue weighted by molar-refractivity contribution is 0.200. The fourth-order valence-electron chi connectivity index (χ4n) is 2.65. The Hall–Kier alpha value is -2.08. The summed E-state index contributed by atoms with van der Waals surface area (Å²) in [6.07, 6.45) is 0.608. The van der Waals surface area contributed by atoms with Crippen molar-refractivity contribution in [3.05, 3.63) is 35.3 Å². The number of amides is 2. The molecule has 6 heteroatoms. The Balaban J connectivity index is 2.03. The predicted molar refractivity (Wildman–Crippen MR) is 91.3 cm³/mol. The molecule has 2 rings (SSSR count). The third-order valence-corrected chi connectivity index (χ3v) is 4.19. The van der Waals surface area contributed by atoms with E-state index in [1.54, 1.807) is 6.07 Å². The number of fused-ring (bicyclic) bond motifs is 1. The minimum Gasteiger partial charge on any atom is -0.459 e. The molecule has 1 aromatic carbocycles. The van der Waals surface area contributed by atoms with Gasteiger partial charge in [-0.05, 0) is 43.9 Å². The maximum absolute atomic E-state index is 13.4. The minimum atomic E-state index is -0.346. The second-order valence-electron chi connectivity index (χ2n) is 6.92. The molecule has 3 N–H and O–H groups in total. The maximum Gasteiger partial charge on any atom is 0.315 e. The van der Waals surface area contributed by atoms with E-state index in [1.807, 2.05) is 27.7 Å². The molecule has 0 aliphatic heterocycles. The van der Waals surface area contributed by atoms with Crippen LogP contribution in [0.3, 0.4) is 0 Å². The molecule has 1 atom stereocenters. The van der Waals surface area contributed by atoms with E-state index >= 15 is 0 Å². The van der Waals surface area contributed by atoms with Crippen LogP contribution in [0.4, 0.5) is 9.18 Å². The van der Waals surface area contributed by atoms with Crippen LogP contribution in [-0.4, -0.2) is 24.3 Å². The number of rotatable bonds is 6. The standard InChI is InChI=1S/C18H25FN2O3/c1-11-14-9-13(19)5-6-15(14)24-16(11)12(2)21-17(23)20-10-18(3,4)7-8-22/h5-6,9,12,22H,7-8,10H2,1-4H3,(H2,20,21,23). The fraction of sp³-hybridized carbons (Fsp3) is 0.500. The lowest BCUT2D eigenvalue weighted by Crippen LogP contribution is -2.41. The van der Waals surface area contributed by atoms with Gasteiger partial charge in [-0.25, -0.2) is 9.18 Å². The number of halogens is 1. The van der Waals surface area contributed by atoms with Crippen molar-refractivity contribution in [3.8, 4) is 0 Å². The van der Waals surface area contributed by atoms with Gasteiger partial charge in [0.15, 0.2) is 0 Å².